The normalized spacial score (nSPS) is 19.4. The van der Waals surface area contributed by atoms with Crippen molar-refractivity contribution in [3.63, 3.8) is 0 Å². The van der Waals surface area contributed by atoms with E-state index in [9.17, 15) is 19.2 Å². The van der Waals surface area contributed by atoms with Crippen molar-refractivity contribution in [1.82, 2.24) is 14.7 Å². The summed E-state index contributed by atoms with van der Waals surface area (Å²) < 4.78 is 5.94. The molecule has 8 heteroatoms. The zero-order valence-electron chi connectivity index (χ0n) is 16.1. The Morgan fingerprint density at radius 1 is 1.14 bits per heavy atom. The van der Waals surface area contributed by atoms with Crippen molar-refractivity contribution in [2.24, 2.45) is 5.92 Å². The maximum absolute atomic E-state index is 12.4. The minimum atomic E-state index is -0.757. The fraction of sp³-hybridized carbons (Fsp3) is 0.500. The van der Waals surface area contributed by atoms with Crippen molar-refractivity contribution in [2.75, 3.05) is 13.7 Å². The molecular weight excluding hydrogens is 362 g/mol. The highest BCUT2D eigenvalue weighted by molar-refractivity contribution is 5.82. The number of rotatable bonds is 5. The predicted molar refractivity (Wildman–Crippen MR) is 104 cm³/mol. The van der Waals surface area contributed by atoms with Gasteiger partial charge in [-0.2, -0.15) is 0 Å². The van der Waals surface area contributed by atoms with E-state index in [1.165, 1.54) is 6.07 Å². The highest BCUT2D eigenvalue weighted by atomic mass is 16.5. The van der Waals surface area contributed by atoms with Crippen molar-refractivity contribution in [1.29, 1.82) is 0 Å². The lowest BCUT2D eigenvalue weighted by atomic mass is 9.87. The number of amides is 1. The van der Waals surface area contributed by atoms with Gasteiger partial charge >= 0.3 is 5.97 Å². The number of benzene rings is 1. The lowest BCUT2D eigenvalue weighted by molar-refractivity contribution is -0.153. The molecule has 0 bridgehead atoms. The third-order valence-electron chi connectivity index (χ3n) is 5.45. The van der Waals surface area contributed by atoms with Crippen molar-refractivity contribution < 1.29 is 14.3 Å². The van der Waals surface area contributed by atoms with Gasteiger partial charge in [-0.3, -0.25) is 24.3 Å². The molecule has 1 saturated carbocycles. The van der Waals surface area contributed by atoms with E-state index in [4.69, 9.17) is 4.74 Å². The smallest absolute Gasteiger partial charge is 0.328 e. The highest BCUT2D eigenvalue weighted by Gasteiger charge is 2.25. The average molecular weight is 387 g/mol. The van der Waals surface area contributed by atoms with Crippen LogP contribution in [0.15, 0.2) is 33.9 Å². The van der Waals surface area contributed by atoms with Crippen molar-refractivity contribution in [3.8, 4) is 0 Å². The fourth-order valence-electron chi connectivity index (χ4n) is 3.61. The molecule has 1 heterocycles. The minimum absolute atomic E-state index is 0.168. The first kappa shape index (κ1) is 19.9. The SMILES string of the molecule is CC1CCC(N(C)C(=O)COC(=O)Cn2[nH]c(=O)c3ccccc3c2=O)CC1. The molecule has 1 N–H and O–H groups in total. The standard InChI is InChI=1S/C20H25N3O5/c1-13-7-9-14(10-8-13)22(2)17(24)12-28-18(25)11-23-20(27)16-6-4-3-5-15(16)19(26)21-23/h3-6,13-14H,7-12H2,1-2H3,(H,21,26). The van der Waals surface area contributed by atoms with E-state index in [0.717, 1.165) is 30.4 Å². The molecule has 0 radical (unpaired) electrons. The molecule has 1 aromatic carbocycles. The fourth-order valence-corrected chi connectivity index (χ4v) is 3.61. The lowest BCUT2D eigenvalue weighted by Gasteiger charge is -2.33. The number of fused-ring (bicyclic) bond motifs is 1. The van der Waals surface area contributed by atoms with Crippen LogP contribution in [0.1, 0.15) is 32.6 Å². The molecule has 3 rings (SSSR count). The van der Waals surface area contributed by atoms with E-state index in [1.807, 2.05) is 0 Å². The first-order valence-corrected chi connectivity index (χ1v) is 9.50. The number of carbonyl (C=O) groups excluding carboxylic acids is 2. The lowest BCUT2D eigenvalue weighted by Crippen LogP contribution is -2.41. The van der Waals surface area contributed by atoms with Gasteiger partial charge in [0, 0.05) is 13.1 Å². The monoisotopic (exact) mass is 387 g/mol. The third-order valence-corrected chi connectivity index (χ3v) is 5.45. The molecular formula is C20H25N3O5. The molecule has 0 saturated heterocycles. The summed E-state index contributed by atoms with van der Waals surface area (Å²) in [5, 5.41) is 2.85. The van der Waals surface area contributed by atoms with Gasteiger partial charge in [0.15, 0.2) is 6.61 Å². The van der Waals surface area contributed by atoms with Gasteiger partial charge in [0.2, 0.25) is 0 Å². The molecule has 28 heavy (non-hydrogen) atoms. The first-order chi connectivity index (χ1) is 13.4. The van der Waals surface area contributed by atoms with Crippen molar-refractivity contribution in [2.45, 2.75) is 45.2 Å². The molecule has 1 aliphatic rings. The zero-order chi connectivity index (χ0) is 20.3. The number of hydrogen-bond donors (Lipinski definition) is 1. The molecule has 150 valence electrons. The summed E-state index contributed by atoms with van der Waals surface area (Å²) in [6.45, 7) is 1.36. The number of nitrogens with zero attached hydrogens (tertiary/aromatic N) is 2. The quantitative estimate of drug-likeness (QED) is 0.779. The van der Waals surface area contributed by atoms with E-state index in [0.29, 0.717) is 5.92 Å². The highest BCUT2D eigenvalue weighted by Crippen LogP contribution is 2.26. The van der Waals surface area contributed by atoms with Gasteiger partial charge in [0.25, 0.3) is 17.0 Å². The second kappa shape index (κ2) is 8.41. The number of aromatic nitrogens is 2. The van der Waals surface area contributed by atoms with Crippen LogP contribution < -0.4 is 11.1 Å². The van der Waals surface area contributed by atoms with Crippen molar-refractivity contribution >= 4 is 22.6 Å². The van der Waals surface area contributed by atoms with Crippen LogP contribution in [0.4, 0.5) is 0 Å². The largest absolute Gasteiger partial charge is 0.454 e. The van der Waals surface area contributed by atoms with Crippen LogP contribution in [0, 0.1) is 5.92 Å². The van der Waals surface area contributed by atoms with Gasteiger partial charge in [-0.25, -0.2) is 4.68 Å². The number of esters is 1. The summed E-state index contributed by atoms with van der Waals surface area (Å²) in [6, 6.07) is 6.54. The second-order valence-electron chi connectivity index (χ2n) is 7.46. The Bertz CT molecular complexity index is 985. The van der Waals surface area contributed by atoms with Gasteiger partial charge in [-0.15, -0.1) is 0 Å². The Hall–Kier alpha value is -2.90. The summed E-state index contributed by atoms with van der Waals surface area (Å²) >= 11 is 0. The van der Waals surface area contributed by atoms with Crippen LogP contribution in [0.2, 0.25) is 0 Å². The third kappa shape index (κ3) is 4.32. The Morgan fingerprint density at radius 2 is 1.79 bits per heavy atom. The Labute approximate surface area is 162 Å². The van der Waals surface area contributed by atoms with E-state index in [2.05, 4.69) is 12.0 Å². The summed E-state index contributed by atoms with van der Waals surface area (Å²) in [5.74, 6) is -0.348. The molecule has 8 nitrogen and oxygen atoms in total. The molecule has 0 spiro atoms. The van der Waals surface area contributed by atoms with Crippen LogP contribution in [-0.4, -0.2) is 46.3 Å². The molecule has 1 amide bonds. The van der Waals surface area contributed by atoms with Crippen LogP contribution in [0.25, 0.3) is 10.8 Å². The molecule has 1 fully saturated rings. The van der Waals surface area contributed by atoms with Crippen LogP contribution >= 0.6 is 0 Å². The number of ether oxygens (including phenoxy) is 1. The molecule has 0 atom stereocenters. The zero-order valence-corrected chi connectivity index (χ0v) is 16.1. The van der Waals surface area contributed by atoms with Crippen LogP contribution in [0.3, 0.4) is 0 Å². The summed E-state index contributed by atoms with van der Waals surface area (Å²) in [7, 11) is 1.72. The van der Waals surface area contributed by atoms with E-state index < -0.39 is 23.6 Å². The number of likely N-dealkylation sites (N-methyl/N-ethyl adjacent to an activating group) is 1. The number of hydrogen-bond acceptors (Lipinski definition) is 5. The molecule has 0 aliphatic heterocycles. The number of nitrogens with one attached hydrogen (secondary N) is 1. The average Bonchev–Trinajstić information content (AvgIpc) is 2.70. The second-order valence-corrected chi connectivity index (χ2v) is 7.46. The molecule has 1 aliphatic carbocycles. The van der Waals surface area contributed by atoms with Crippen LogP contribution in [0.5, 0.6) is 0 Å². The molecule has 1 aromatic heterocycles. The Balaban J connectivity index is 1.59. The van der Waals surface area contributed by atoms with Gasteiger partial charge in [0.1, 0.15) is 6.54 Å². The van der Waals surface area contributed by atoms with E-state index >= 15 is 0 Å². The van der Waals surface area contributed by atoms with Gasteiger partial charge in [-0.05, 0) is 43.7 Å². The topological polar surface area (TPSA) is 101 Å². The number of aromatic amines is 1. The number of H-pyrrole nitrogens is 1. The summed E-state index contributed by atoms with van der Waals surface area (Å²) in [5.41, 5.74) is -0.961. The number of carbonyl (C=O) groups is 2. The van der Waals surface area contributed by atoms with Crippen LogP contribution in [-0.2, 0) is 20.9 Å². The Morgan fingerprint density at radius 3 is 2.46 bits per heavy atom. The summed E-state index contributed by atoms with van der Waals surface area (Å²) in [4.78, 5) is 50.5. The minimum Gasteiger partial charge on any atom is -0.454 e. The first-order valence-electron chi connectivity index (χ1n) is 9.50. The van der Waals surface area contributed by atoms with Gasteiger partial charge < -0.3 is 9.64 Å². The predicted octanol–water partition coefficient (Wildman–Crippen LogP) is 1.27. The van der Waals surface area contributed by atoms with Crippen molar-refractivity contribution in [3.05, 3.63) is 45.0 Å². The van der Waals surface area contributed by atoms with Gasteiger partial charge in [-0.1, -0.05) is 19.1 Å². The maximum Gasteiger partial charge on any atom is 0.328 e. The molecule has 2 aromatic rings. The summed E-state index contributed by atoms with van der Waals surface area (Å²) in [6.07, 6.45) is 4.07. The van der Waals surface area contributed by atoms with E-state index in [-0.39, 0.29) is 29.3 Å². The Kier molecular flexibility index (Phi) is 5.96. The maximum atomic E-state index is 12.4. The van der Waals surface area contributed by atoms with Gasteiger partial charge in [0.05, 0.1) is 10.8 Å². The molecule has 0 unspecified atom stereocenters. The van der Waals surface area contributed by atoms with E-state index in [1.54, 1.807) is 30.1 Å².